The highest BCUT2D eigenvalue weighted by Gasteiger charge is 2.25. The van der Waals surface area contributed by atoms with E-state index in [4.69, 9.17) is 0 Å². The van der Waals surface area contributed by atoms with Crippen LogP contribution in [-0.2, 0) is 0 Å². The first-order chi connectivity index (χ1) is 16.6. The van der Waals surface area contributed by atoms with Crippen LogP contribution in [-0.4, -0.2) is 32.5 Å². The summed E-state index contributed by atoms with van der Waals surface area (Å²) in [5.74, 6) is 2.45. The summed E-state index contributed by atoms with van der Waals surface area (Å²) < 4.78 is 0. The molecule has 172 valence electrons. The molecule has 0 spiro atoms. The van der Waals surface area contributed by atoms with E-state index in [0.717, 1.165) is 27.8 Å². The van der Waals surface area contributed by atoms with Crippen molar-refractivity contribution in [2.45, 2.75) is 23.7 Å². The third-order valence-electron chi connectivity index (χ3n) is 5.27. The zero-order valence-electron chi connectivity index (χ0n) is 18.5. The van der Waals surface area contributed by atoms with Crippen LogP contribution in [0.15, 0.2) is 71.8 Å². The summed E-state index contributed by atoms with van der Waals surface area (Å²) in [6.45, 7) is 0. The van der Waals surface area contributed by atoms with Crippen molar-refractivity contribution in [3.63, 3.8) is 0 Å². The van der Waals surface area contributed by atoms with E-state index < -0.39 is 0 Å². The molecule has 2 aromatic heterocycles. The average molecular weight is 473 g/mol. The Morgan fingerprint density at radius 2 is 1.59 bits per heavy atom. The van der Waals surface area contributed by atoms with Gasteiger partial charge in [-0.3, -0.25) is 5.10 Å². The van der Waals surface area contributed by atoms with E-state index in [0.29, 0.717) is 23.4 Å². The molecule has 4 aromatic rings. The molecule has 1 saturated carbocycles. The van der Waals surface area contributed by atoms with Gasteiger partial charge >= 0.3 is 6.03 Å². The van der Waals surface area contributed by atoms with Crippen LogP contribution in [0, 0.1) is 0 Å². The number of rotatable bonds is 8. The third-order valence-corrected chi connectivity index (χ3v) is 6.02. The van der Waals surface area contributed by atoms with Gasteiger partial charge in [-0.05, 0) is 73.7 Å². The number of nitrogens with zero attached hydrogens (tertiary/aromatic N) is 3. The van der Waals surface area contributed by atoms with Crippen molar-refractivity contribution in [1.82, 2.24) is 20.2 Å². The Bertz CT molecular complexity index is 1270. The SMILES string of the molecule is CSc1ccc(NC(=O)Nc2ccc(Nc3nccc(Nc4cc(C5CC5)[nH]n4)n3)cc2)cc1. The molecule has 1 fully saturated rings. The number of hydrogen-bond acceptors (Lipinski definition) is 7. The molecule has 2 amide bonds. The standard InChI is InChI=1S/C24H24N8OS/c1-34-19-10-8-18(9-11-19)28-24(33)27-17-6-4-16(5-7-17)26-23-25-13-12-21(30-23)29-22-14-20(31-32-22)15-2-3-15/h4-15H,2-3H2,1H3,(H2,27,28,33)(H3,25,26,29,30,31,32). The number of amides is 2. The summed E-state index contributed by atoms with van der Waals surface area (Å²) in [5.41, 5.74) is 3.36. The van der Waals surface area contributed by atoms with Gasteiger partial charge in [-0.2, -0.15) is 10.1 Å². The summed E-state index contributed by atoms with van der Waals surface area (Å²) in [6, 6.07) is 18.5. The van der Waals surface area contributed by atoms with Gasteiger partial charge < -0.3 is 21.3 Å². The van der Waals surface area contributed by atoms with Crippen LogP contribution in [0.25, 0.3) is 0 Å². The molecule has 10 heteroatoms. The van der Waals surface area contributed by atoms with Crippen LogP contribution in [0.4, 0.5) is 39.4 Å². The largest absolute Gasteiger partial charge is 0.324 e. The molecule has 0 unspecified atom stereocenters. The van der Waals surface area contributed by atoms with Crippen molar-refractivity contribution in [3.8, 4) is 0 Å². The van der Waals surface area contributed by atoms with E-state index in [-0.39, 0.29) is 6.03 Å². The highest BCUT2D eigenvalue weighted by molar-refractivity contribution is 7.98. The van der Waals surface area contributed by atoms with Crippen molar-refractivity contribution in [2.24, 2.45) is 0 Å². The lowest BCUT2D eigenvalue weighted by Gasteiger charge is -2.10. The van der Waals surface area contributed by atoms with E-state index in [2.05, 4.69) is 41.4 Å². The zero-order chi connectivity index (χ0) is 23.3. The number of aromatic nitrogens is 4. The van der Waals surface area contributed by atoms with Gasteiger partial charge in [0.2, 0.25) is 5.95 Å². The second-order valence-corrected chi connectivity index (χ2v) is 8.76. The molecular formula is C24H24N8OS. The van der Waals surface area contributed by atoms with Gasteiger partial charge in [-0.15, -0.1) is 11.8 Å². The Hall–Kier alpha value is -4.05. The van der Waals surface area contributed by atoms with Crippen molar-refractivity contribution in [3.05, 3.63) is 72.6 Å². The fourth-order valence-corrected chi connectivity index (χ4v) is 3.77. The normalized spacial score (nSPS) is 12.7. The molecule has 2 heterocycles. The average Bonchev–Trinajstić information content (AvgIpc) is 3.60. The molecule has 1 aliphatic rings. The number of H-pyrrole nitrogens is 1. The molecule has 1 aliphatic carbocycles. The van der Waals surface area contributed by atoms with Crippen LogP contribution in [0.1, 0.15) is 24.5 Å². The summed E-state index contributed by atoms with van der Waals surface area (Å²) in [6.07, 6.45) is 6.12. The predicted molar refractivity (Wildman–Crippen MR) is 136 cm³/mol. The Kier molecular flexibility index (Phi) is 6.30. The quantitative estimate of drug-likeness (QED) is 0.202. The van der Waals surface area contributed by atoms with Gasteiger partial charge in [-0.1, -0.05) is 0 Å². The number of nitrogens with one attached hydrogen (secondary N) is 5. The fraction of sp³-hybridized carbons (Fsp3) is 0.167. The molecule has 5 rings (SSSR count). The lowest BCUT2D eigenvalue weighted by atomic mass is 10.3. The maximum absolute atomic E-state index is 12.3. The number of anilines is 6. The van der Waals surface area contributed by atoms with Crippen molar-refractivity contribution >= 4 is 52.4 Å². The van der Waals surface area contributed by atoms with E-state index in [1.807, 2.05) is 60.9 Å². The van der Waals surface area contributed by atoms with Crippen molar-refractivity contribution < 1.29 is 4.79 Å². The first-order valence-electron chi connectivity index (χ1n) is 10.9. The Morgan fingerprint density at radius 1 is 0.912 bits per heavy atom. The van der Waals surface area contributed by atoms with Gasteiger partial charge in [0.15, 0.2) is 5.82 Å². The van der Waals surface area contributed by atoms with Gasteiger partial charge in [0, 0.05) is 45.8 Å². The minimum atomic E-state index is -0.303. The van der Waals surface area contributed by atoms with E-state index in [9.17, 15) is 4.79 Å². The van der Waals surface area contributed by atoms with E-state index in [1.54, 1.807) is 24.0 Å². The monoisotopic (exact) mass is 472 g/mol. The van der Waals surface area contributed by atoms with Gasteiger partial charge in [0.25, 0.3) is 0 Å². The molecule has 0 atom stereocenters. The lowest BCUT2D eigenvalue weighted by molar-refractivity contribution is 0.262. The zero-order valence-corrected chi connectivity index (χ0v) is 19.3. The Balaban J connectivity index is 1.16. The number of thioether (sulfide) groups is 1. The maximum Gasteiger partial charge on any atom is 0.323 e. The smallest absolute Gasteiger partial charge is 0.323 e. The molecular weight excluding hydrogens is 448 g/mol. The number of carbonyl (C=O) groups is 1. The van der Waals surface area contributed by atoms with Gasteiger partial charge in [0.05, 0.1) is 0 Å². The number of urea groups is 1. The molecule has 0 aliphatic heterocycles. The molecule has 5 N–H and O–H groups in total. The minimum absolute atomic E-state index is 0.303. The third kappa shape index (κ3) is 5.65. The molecule has 9 nitrogen and oxygen atoms in total. The van der Waals surface area contributed by atoms with Crippen LogP contribution in [0.3, 0.4) is 0 Å². The van der Waals surface area contributed by atoms with E-state index >= 15 is 0 Å². The first kappa shape index (κ1) is 21.8. The van der Waals surface area contributed by atoms with Crippen LogP contribution in [0.5, 0.6) is 0 Å². The number of hydrogen-bond donors (Lipinski definition) is 5. The first-order valence-corrected chi connectivity index (χ1v) is 12.1. The summed E-state index contributed by atoms with van der Waals surface area (Å²) >= 11 is 1.65. The molecule has 34 heavy (non-hydrogen) atoms. The van der Waals surface area contributed by atoms with Crippen molar-refractivity contribution in [1.29, 1.82) is 0 Å². The van der Waals surface area contributed by atoms with Gasteiger partial charge in [0.1, 0.15) is 5.82 Å². The number of benzene rings is 2. The summed E-state index contributed by atoms with van der Waals surface area (Å²) in [7, 11) is 0. The second-order valence-electron chi connectivity index (χ2n) is 7.88. The lowest BCUT2D eigenvalue weighted by Crippen LogP contribution is -2.19. The van der Waals surface area contributed by atoms with Crippen LogP contribution >= 0.6 is 11.8 Å². The van der Waals surface area contributed by atoms with E-state index in [1.165, 1.54) is 12.8 Å². The highest BCUT2D eigenvalue weighted by Crippen LogP contribution is 2.39. The molecule has 0 bridgehead atoms. The van der Waals surface area contributed by atoms with Crippen molar-refractivity contribution in [2.75, 3.05) is 27.5 Å². The predicted octanol–water partition coefficient (Wildman–Crippen LogP) is 5.93. The summed E-state index contributed by atoms with van der Waals surface area (Å²) in [4.78, 5) is 22.2. The molecule has 2 aromatic carbocycles. The molecule has 0 radical (unpaired) electrons. The highest BCUT2D eigenvalue weighted by atomic mass is 32.2. The van der Waals surface area contributed by atoms with Crippen LogP contribution < -0.4 is 21.3 Å². The minimum Gasteiger partial charge on any atom is -0.324 e. The topological polar surface area (TPSA) is 120 Å². The number of carbonyl (C=O) groups excluding carboxylic acids is 1. The number of aromatic amines is 1. The van der Waals surface area contributed by atoms with Gasteiger partial charge in [-0.25, -0.2) is 9.78 Å². The Labute approximate surface area is 201 Å². The second kappa shape index (κ2) is 9.84. The maximum atomic E-state index is 12.3. The Morgan fingerprint density at radius 3 is 2.26 bits per heavy atom. The fourth-order valence-electron chi connectivity index (χ4n) is 3.36. The van der Waals surface area contributed by atoms with Crippen LogP contribution in [0.2, 0.25) is 0 Å². The summed E-state index contributed by atoms with van der Waals surface area (Å²) in [5, 5.41) is 19.4. The molecule has 0 saturated heterocycles.